The van der Waals surface area contributed by atoms with E-state index in [-0.39, 0.29) is 0 Å². The van der Waals surface area contributed by atoms with Gasteiger partial charge in [-0.05, 0) is 38.3 Å². The number of imidazole rings is 1. The van der Waals surface area contributed by atoms with Gasteiger partial charge in [0.25, 0.3) is 0 Å². The van der Waals surface area contributed by atoms with Gasteiger partial charge in [-0.2, -0.15) is 0 Å². The first-order valence-corrected chi connectivity index (χ1v) is 8.89. The number of nitrogens with zero attached hydrogens (tertiary/aromatic N) is 3. The maximum Gasteiger partial charge on any atom is 0.160 e. The van der Waals surface area contributed by atoms with Crippen molar-refractivity contribution in [3.8, 4) is 0 Å². The number of aryl methyl sites for hydroxylation is 2. The summed E-state index contributed by atoms with van der Waals surface area (Å²) in [7, 11) is 0. The Morgan fingerprint density at radius 2 is 2.32 bits per heavy atom. The molecule has 1 saturated heterocycles. The molecule has 0 bridgehead atoms. The molecule has 1 aliphatic rings. The first kappa shape index (κ1) is 15.8. The van der Waals surface area contributed by atoms with Crippen LogP contribution in [0.5, 0.6) is 0 Å². The second-order valence-electron chi connectivity index (χ2n) is 6.21. The van der Waals surface area contributed by atoms with Crippen LogP contribution in [0.4, 0.5) is 0 Å². The molecule has 1 N–H and O–H groups in total. The van der Waals surface area contributed by atoms with E-state index in [1.54, 1.807) is 6.20 Å². The summed E-state index contributed by atoms with van der Waals surface area (Å²) in [6.45, 7) is 4.36. The number of unbranched alkanes of at least 4 members (excludes halogenated alkanes) is 1. The van der Waals surface area contributed by atoms with Crippen molar-refractivity contribution >= 4 is 22.8 Å². The van der Waals surface area contributed by atoms with E-state index < -0.39 is 0 Å². The summed E-state index contributed by atoms with van der Waals surface area (Å²) in [5.41, 5.74) is 1.90. The van der Waals surface area contributed by atoms with Gasteiger partial charge in [-0.3, -0.25) is 0 Å². The number of hydrogen-bond acceptors (Lipinski definition) is 3. The number of fused-ring (bicyclic) bond motifs is 1. The van der Waals surface area contributed by atoms with Gasteiger partial charge in [0.05, 0.1) is 5.02 Å². The minimum Gasteiger partial charge on any atom is -0.314 e. The lowest BCUT2D eigenvalue weighted by atomic mass is 10.0. The Hall–Kier alpha value is -1.13. The second-order valence-corrected chi connectivity index (χ2v) is 6.65. The van der Waals surface area contributed by atoms with Gasteiger partial charge in [0, 0.05) is 25.2 Å². The summed E-state index contributed by atoms with van der Waals surface area (Å²) in [5, 5.41) is 4.29. The Morgan fingerprint density at radius 3 is 3.09 bits per heavy atom. The first-order chi connectivity index (χ1) is 10.8. The van der Waals surface area contributed by atoms with Crippen molar-refractivity contribution in [3.05, 3.63) is 23.1 Å². The number of nitrogens with one attached hydrogen (secondary N) is 1. The molecular weight excluding hydrogens is 296 g/mol. The van der Waals surface area contributed by atoms with Crippen LogP contribution < -0.4 is 5.32 Å². The third kappa shape index (κ3) is 3.61. The van der Waals surface area contributed by atoms with Crippen LogP contribution in [0.1, 0.15) is 51.3 Å². The third-order valence-electron chi connectivity index (χ3n) is 4.50. The average molecular weight is 321 g/mol. The molecule has 120 valence electrons. The molecule has 0 aromatic carbocycles. The quantitative estimate of drug-likeness (QED) is 0.876. The molecule has 0 aliphatic carbocycles. The molecular formula is C17H25ClN4. The number of rotatable bonds is 6. The molecule has 0 saturated carbocycles. The van der Waals surface area contributed by atoms with Crippen LogP contribution in [0, 0.1) is 0 Å². The van der Waals surface area contributed by atoms with Crippen LogP contribution >= 0.6 is 11.6 Å². The Labute approximate surface area is 137 Å². The van der Waals surface area contributed by atoms with Crippen LogP contribution in [0.2, 0.25) is 5.02 Å². The van der Waals surface area contributed by atoms with Gasteiger partial charge in [-0.1, -0.05) is 31.4 Å². The van der Waals surface area contributed by atoms with E-state index in [0.29, 0.717) is 11.1 Å². The van der Waals surface area contributed by atoms with Gasteiger partial charge in [-0.25, -0.2) is 9.97 Å². The normalized spacial score (nSPS) is 18.9. The van der Waals surface area contributed by atoms with E-state index in [2.05, 4.69) is 21.8 Å². The molecule has 1 atom stereocenters. The molecule has 1 aliphatic heterocycles. The van der Waals surface area contributed by atoms with E-state index in [4.69, 9.17) is 16.6 Å². The molecule has 1 fully saturated rings. The predicted octanol–water partition coefficient (Wildman–Crippen LogP) is 3.96. The fourth-order valence-electron chi connectivity index (χ4n) is 3.25. The summed E-state index contributed by atoms with van der Waals surface area (Å²) in [6, 6.07) is 2.56. The zero-order chi connectivity index (χ0) is 15.4. The summed E-state index contributed by atoms with van der Waals surface area (Å²) in [6.07, 6.45) is 10.2. The number of piperidine rings is 1. The number of aromatic nitrogens is 3. The Morgan fingerprint density at radius 1 is 1.41 bits per heavy atom. The molecule has 0 spiro atoms. The maximum atomic E-state index is 6.06. The van der Waals surface area contributed by atoms with E-state index in [1.807, 2.05) is 6.07 Å². The van der Waals surface area contributed by atoms with Crippen molar-refractivity contribution in [1.82, 2.24) is 19.9 Å². The molecule has 5 heteroatoms. The molecule has 0 amide bonds. The highest BCUT2D eigenvalue weighted by atomic mass is 35.5. The highest BCUT2D eigenvalue weighted by molar-refractivity contribution is 6.31. The predicted molar refractivity (Wildman–Crippen MR) is 91.4 cm³/mol. The van der Waals surface area contributed by atoms with Gasteiger partial charge in [-0.15, -0.1) is 0 Å². The summed E-state index contributed by atoms with van der Waals surface area (Å²) < 4.78 is 2.30. The van der Waals surface area contributed by atoms with Gasteiger partial charge < -0.3 is 9.88 Å². The lowest BCUT2D eigenvalue weighted by Gasteiger charge is -2.23. The third-order valence-corrected chi connectivity index (χ3v) is 4.70. The van der Waals surface area contributed by atoms with Crippen LogP contribution in [-0.4, -0.2) is 27.1 Å². The maximum absolute atomic E-state index is 6.06. The zero-order valence-electron chi connectivity index (χ0n) is 13.3. The van der Waals surface area contributed by atoms with Crippen molar-refractivity contribution in [3.63, 3.8) is 0 Å². The fourth-order valence-corrected chi connectivity index (χ4v) is 3.40. The molecule has 4 nitrogen and oxygen atoms in total. The van der Waals surface area contributed by atoms with Gasteiger partial charge in [0.1, 0.15) is 11.3 Å². The molecule has 3 rings (SSSR count). The van der Waals surface area contributed by atoms with Crippen LogP contribution in [0.3, 0.4) is 0 Å². The first-order valence-electron chi connectivity index (χ1n) is 8.52. The number of pyridine rings is 1. The molecule has 22 heavy (non-hydrogen) atoms. The topological polar surface area (TPSA) is 42.7 Å². The van der Waals surface area contributed by atoms with Crippen molar-refractivity contribution < 1.29 is 0 Å². The van der Waals surface area contributed by atoms with Crippen LogP contribution in [-0.2, 0) is 13.0 Å². The summed E-state index contributed by atoms with van der Waals surface area (Å²) >= 11 is 6.06. The standard InChI is InChI=1S/C17H25ClN4/c1-2-3-7-16-21-15-11-13(18)12-20-17(15)22(16)10-8-14-6-4-5-9-19-14/h11-12,14,19H,2-10H2,1H3. The van der Waals surface area contributed by atoms with Crippen molar-refractivity contribution in [2.75, 3.05) is 6.54 Å². The SMILES string of the molecule is CCCCc1nc2cc(Cl)cnc2n1CCC1CCCCN1. The Balaban J connectivity index is 1.80. The van der Waals surface area contributed by atoms with Crippen molar-refractivity contribution in [1.29, 1.82) is 0 Å². The van der Waals surface area contributed by atoms with E-state index in [0.717, 1.165) is 42.9 Å². The lowest BCUT2D eigenvalue weighted by molar-refractivity contribution is 0.366. The van der Waals surface area contributed by atoms with Crippen LogP contribution in [0.15, 0.2) is 12.3 Å². The highest BCUT2D eigenvalue weighted by Crippen LogP contribution is 2.21. The summed E-state index contributed by atoms with van der Waals surface area (Å²) in [4.78, 5) is 9.29. The Bertz CT molecular complexity index is 616. The van der Waals surface area contributed by atoms with E-state index in [1.165, 1.54) is 32.1 Å². The average Bonchev–Trinajstić information content (AvgIpc) is 2.88. The molecule has 2 aromatic heterocycles. The largest absolute Gasteiger partial charge is 0.314 e. The van der Waals surface area contributed by atoms with Gasteiger partial charge >= 0.3 is 0 Å². The van der Waals surface area contributed by atoms with Crippen LogP contribution in [0.25, 0.3) is 11.2 Å². The van der Waals surface area contributed by atoms with Crippen molar-refractivity contribution in [2.45, 2.75) is 64.5 Å². The van der Waals surface area contributed by atoms with E-state index >= 15 is 0 Å². The minimum absolute atomic E-state index is 0.637. The van der Waals surface area contributed by atoms with Gasteiger partial charge in [0.15, 0.2) is 5.65 Å². The lowest BCUT2D eigenvalue weighted by Crippen LogP contribution is -2.34. The Kier molecular flexibility index (Phi) is 5.32. The fraction of sp³-hybridized carbons (Fsp3) is 0.647. The highest BCUT2D eigenvalue weighted by Gasteiger charge is 2.16. The van der Waals surface area contributed by atoms with E-state index in [9.17, 15) is 0 Å². The second kappa shape index (κ2) is 7.42. The number of halogens is 1. The zero-order valence-corrected chi connectivity index (χ0v) is 14.1. The molecule has 2 aromatic rings. The van der Waals surface area contributed by atoms with Gasteiger partial charge in [0.2, 0.25) is 0 Å². The smallest absolute Gasteiger partial charge is 0.160 e. The molecule has 3 heterocycles. The molecule has 1 unspecified atom stereocenters. The number of hydrogen-bond donors (Lipinski definition) is 1. The monoisotopic (exact) mass is 320 g/mol. The molecule has 0 radical (unpaired) electrons. The summed E-state index contributed by atoms with van der Waals surface area (Å²) in [5.74, 6) is 1.16. The minimum atomic E-state index is 0.637. The van der Waals surface area contributed by atoms with Crippen molar-refractivity contribution in [2.24, 2.45) is 0 Å².